The van der Waals surface area contributed by atoms with E-state index in [0.29, 0.717) is 32.0 Å². The minimum Gasteiger partial charge on any atom is -0.460 e. The van der Waals surface area contributed by atoms with Crippen LogP contribution in [0.1, 0.15) is 170 Å². The number of amides is 1. The van der Waals surface area contributed by atoms with Crippen molar-refractivity contribution < 1.29 is 28.9 Å². The number of esters is 1. The van der Waals surface area contributed by atoms with Crippen molar-refractivity contribution in [2.45, 2.75) is 199 Å². The Hall–Kier alpha value is -1.18. The lowest BCUT2D eigenvalue weighted by Crippen LogP contribution is -2.57. The highest BCUT2D eigenvalue weighted by Gasteiger charge is 2.52. The zero-order chi connectivity index (χ0) is 37.7. The summed E-state index contributed by atoms with van der Waals surface area (Å²) in [5, 5.41) is 10.9. The fraction of sp³-hybridized carbons (Fsp3) is 0.951. The second-order valence-corrected chi connectivity index (χ2v) is 20.4. The van der Waals surface area contributed by atoms with E-state index >= 15 is 0 Å². The summed E-state index contributed by atoms with van der Waals surface area (Å²) >= 11 is 0. The van der Waals surface area contributed by atoms with Crippen LogP contribution in [-0.4, -0.2) is 71.1 Å². The largest absolute Gasteiger partial charge is 0.460 e. The smallest absolute Gasteiger partial charge is 0.309 e. The molecule has 1 heterocycles. The zero-order valence-electron chi connectivity index (χ0n) is 34.8. The second-order valence-electron chi connectivity index (χ2n) is 20.4. The molecule has 0 aromatic carbocycles. The van der Waals surface area contributed by atoms with Gasteiger partial charge in [0.1, 0.15) is 6.10 Å². The van der Waals surface area contributed by atoms with Gasteiger partial charge in [0.15, 0.2) is 0 Å². The molecule has 0 aliphatic carbocycles. The SMILES string of the molecule is CC(OC(=O)C(C)C(C)(C)C)C(O)CC(C)(C)OCCOC(C)(CC(C)(C)C(C)(C)C(CC(C)(C)C)N1CCCCCC1=O)C(C)(C)C. The van der Waals surface area contributed by atoms with E-state index in [1.54, 1.807) is 6.92 Å². The third-order valence-electron chi connectivity index (χ3n) is 11.9. The molecule has 5 unspecified atom stereocenters. The standard InChI is InChI=1S/C41H79NO6/c1-29(36(6,7)8)34(45)48-30(2)31(43)26-39(14,15)46-24-25-47-41(18,37(9,10)11)28-38(12,13)40(16,17)32(27-35(3,4)5)42-23-21-19-20-22-33(42)44/h29-32,43H,19-28H2,1-18H3. The van der Waals surface area contributed by atoms with Crippen LogP contribution in [0, 0.1) is 33.0 Å². The van der Waals surface area contributed by atoms with Gasteiger partial charge in [-0.3, -0.25) is 9.59 Å². The summed E-state index contributed by atoms with van der Waals surface area (Å²) in [6.07, 6.45) is 4.42. The zero-order valence-corrected chi connectivity index (χ0v) is 34.8. The van der Waals surface area contributed by atoms with Crippen molar-refractivity contribution in [3.8, 4) is 0 Å². The van der Waals surface area contributed by atoms with E-state index in [1.807, 2.05) is 41.5 Å². The maximum absolute atomic E-state index is 13.5. The van der Waals surface area contributed by atoms with Crippen LogP contribution in [0.25, 0.3) is 0 Å². The number of aliphatic hydroxyl groups excluding tert-OH is 1. The summed E-state index contributed by atoms with van der Waals surface area (Å²) in [7, 11) is 0. The first-order chi connectivity index (χ1) is 21.4. The quantitative estimate of drug-likeness (QED) is 0.129. The molecule has 1 rings (SSSR count). The molecule has 7 heteroatoms. The molecule has 1 N–H and O–H groups in total. The van der Waals surface area contributed by atoms with E-state index in [2.05, 4.69) is 81.1 Å². The van der Waals surface area contributed by atoms with Crippen molar-refractivity contribution in [1.29, 1.82) is 0 Å². The number of rotatable bonds is 16. The Morgan fingerprint density at radius 1 is 0.792 bits per heavy atom. The van der Waals surface area contributed by atoms with Gasteiger partial charge in [-0.1, -0.05) is 103 Å². The van der Waals surface area contributed by atoms with Crippen molar-refractivity contribution in [1.82, 2.24) is 4.90 Å². The van der Waals surface area contributed by atoms with Crippen molar-refractivity contribution in [3.63, 3.8) is 0 Å². The lowest BCUT2D eigenvalue weighted by atomic mass is 9.55. The number of likely N-dealkylation sites (tertiary alicyclic amines) is 1. The van der Waals surface area contributed by atoms with Gasteiger partial charge in [-0.25, -0.2) is 0 Å². The topological polar surface area (TPSA) is 85.3 Å². The number of hydrogen-bond donors (Lipinski definition) is 1. The van der Waals surface area contributed by atoms with Crippen molar-refractivity contribution >= 4 is 11.9 Å². The Morgan fingerprint density at radius 3 is 1.83 bits per heavy atom. The van der Waals surface area contributed by atoms with E-state index in [9.17, 15) is 14.7 Å². The van der Waals surface area contributed by atoms with Crippen molar-refractivity contribution in [3.05, 3.63) is 0 Å². The van der Waals surface area contributed by atoms with E-state index in [-0.39, 0.29) is 45.0 Å². The molecule has 0 aromatic heterocycles. The highest BCUT2D eigenvalue weighted by atomic mass is 16.6. The molecule has 0 aromatic rings. The summed E-state index contributed by atoms with van der Waals surface area (Å²) < 4.78 is 18.7. The Bertz CT molecular complexity index is 1030. The molecule has 1 fully saturated rings. The maximum atomic E-state index is 13.5. The monoisotopic (exact) mass is 682 g/mol. The highest BCUT2D eigenvalue weighted by molar-refractivity contribution is 5.77. The molecule has 1 aliphatic rings. The highest BCUT2D eigenvalue weighted by Crippen LogP contribution is 2.54. The summed E-state index contributed by atoms with van der Waals surface area (Å²) in [5.41, 5.74) is -1.75. The number of nitrogens with zero attached hydrogens (tertiary/aromatic N) is 1. The second kappa shape index (κ2) is 16.4. The van der Waals surface area contributed by atoms with Gasteiger partial charge in [0, 0.05) is 25.4 Å². The molecule has 0 radical (unpaired) electrons. The van der Waals surface area contributed by atoms with Crippen LogP contribution in [-0.2, 0) is 23.8 Å². The van der Waals surface area contributed by atoms with Crippen LogP contribution in [0.15, 0.2) is 0 Å². The molecule has 0 saturated carbocycles. The maximum Gasteiger partial charge on any atom is 0.309 e. The lowest BCUT2D eigenvalue weighted by molar-refractivity contribution is -0.172. The first kappa shape index (κ1) is 44.8. The molecule has 0 bridgehead atoms. The van der Waals surface area contributed by atoms with Crippen LogP contribution < -0.4 is 0 Å². The molecular weight excluding hydrogens is 602 g/mol. The third-order valence-corrected chi connectivity index (χ3v) is 11.9. The van der Waals surface area contributed by atoms with E-state index in [1.165, 1.54) is 0 Å². The fourth-order valence-corrected chi connectivity index (χ4v) is 6.75. The Kier molecular flexibility index (Phi) is 15.4. The number of hydrogen-bond acceptors (Lipinski definition) is 6. The number of ether oxygens (including phenoxy) is 3. The Balaban J connectivity index is 3.05. The molecule has 0 spiro atoms. The number of carbonyl (C=O) groups is 2. The lowest BCUT2D eigenvalue weighted by Gasteiger charge is -2.56. The van der Waals surface area contributed by atoms with E-state index in [4.69, 9.17) is 14.2 Å². The van der Waals surface area contributed by atoms with Crippen molar-refractivity contribution in [2.75, 3.05) is 19.8 Å². The van der Waals surface area contributed by atoms with Gasteiger partial charge in [-0.2, -0.15) is 0 Å². The van der Waals surface area contributed by atoms with Crippen LogP contribution in [0.2, 0.25) is 0 Å². The number of carbonyl (C=O) groups excluding carboxylic acids is 2. The van der Waals surface area contributed by atoms with Crippen LogP contribution in [0.4, 0.5) is 0 Å². The summed E-state index contributed by atoms with van der Waals surface area (Å²) in [4.78, 5) is 28.3. The first-order valence-corrected chi connectivity index (χ1v) is 18.8. The normalized spacial score (nSPS) is 20.1. The van der Waals surface area contributed by atoms with Gasteiger partial charge in [0.2, 0.25) is 5.91 Å². The van der Waals surface area contributed by atoms with Gasteiger partial charge < -0.3 is 24.2 Å². The van der Waals surface area contributed by atoms with E-state index in [0.717, 1.165) is 38.6 Å². The summed E-state index contributed by atoms with van der Waals surface area (Å²) in [6.45, 7) is 40.4. The summed E-state index contributed by atoms with van der Waals surface area (Å²) in [6, 6.07) is 0.121. The van der Waals surface area contributed by atoms with Crippen molar-refractivity contribution in [2.24, 2.45) is 33.0 Å². The minimum absolute atomic E-state index is 0.0798. The predicted molar refractivity (Wildman–Crippen MR) is 199 cm³/mol. The molecule has 7 nitrogen and oxygen atoms in total. The molecule has 284 valence electrons. The molecule has 1 saturated heterocycles. The predicted octanol–water partition coefficient (Wildman–Crippen LogP) is 9.62. The number of aliphatic hydroxyl groups is 1. The van der Waals surface area contributed by atoms with Gasteiger partial charge in [-0.15, -0.1) is 0 Å². The Labute approximate surface area is 297 Å². The Morgan fingerprint density at radius 2 is 1.33 bits per heavy atom. The molecule has 1 amide bonds. The average Bonchev–Trinajstić information content (AvgIpc) is 3.10. The van der Waals surface area contributed by atoms with Crippen LogP contribution in [0.5, 0.6) is 0 Å². The molecule has 48 heavy (non-hydrogen) atoms. The fourth-order valence-electron chi connectivity index (χ4n) is 6.75. The van der Waals surface area contributed by atoms with Gasteiger partial charge in [-0.05, 0) is 80.5 Å². The van der Waals surface area contributed by atoms with Gasteiger partial charge in [0.25, 0.3) is 0 Å². The molecular formula is C41H79NO6. The average molecular weight is 682 g/mol. The molecule has 1 aliphatic heterocycles. The van der Waals surface area contributed by atoms with Gasteiger partial charge >= 0.3 is 5.97 Å². The first-order valence-electron chi connectivity index (χ1n) is 18.8. The van der Waals surface area contributed by atoms with Gasteiger partial charge in [0.05, 0.1) is 36.4 Å². The van der Waals surface area contributed by atoms with Crippen LogP contribution >= 0.6 is 0 Å². The van der Waals surface area contributed by atoms with Crippen LogP contribution in [0.3, 0.4) is 0 Å². The summed E-state index contributed by atoms with van der Waals surface area (Å²) in [5.74, 6) is -0.267. The minimum atomic E-state index is -0.850. The third kappa shape index (κ3) is 12.9. The van der Waals surface area contributed by atoms with E-state index < -0.39 is 23.4 Å². The molecule has 5 atom stereocenters.